The van der Waals surface area contributed by atoms with Crippen molar-refractivity contribution in [3.8, 4) is 0 Å². The molecule has 0 bridgehead atoms. The van der Waals surface area contributed by atoms with Gasteiger partial charge in [-0.2, -0.15) is 4.39 Å². The largest absolute Gasteiger partial charge is 0.463 e. The predicted molar refractivity (Wildman–Crippen MR) is 136 cm³/mol. The fourth-order valence-corrected chi connectivity index (χ4v) is 4.51. The fraction of sp³-hybridized carbons (Fsp3) is 0.207. The number of halogens is 1. The Morgan fingerprint density at radius 3 is 2.57 bits per heavy atom. The Balaban J connectivity index is 1.66. The lowest BCUT2D eigenvalue weighted by atomic mass is 9.73. The highest BCUT2D eigenvalue weighted by molar-refractivity contribution is 6.01. The molecule has 0 radical (unpaired) electrons. The molecule has 5 nitrogen and oxygen atoms in total. The van der Waals surface area contributed by atoms with Crippen LogP contribution in [0.4, 0.5) is 4.39 Å². The number of nitrogens with one attached hydrogen (secondary N) is 1. The standard InChI is InChI=1S/C29H26FN3O2/c1-2-35-26(34)16-14-23-13-11-22(18-31-23)28(21-12-15-25-24(17-21)29(30)33-32-25)27(20-9-6-10-20)19-7-4-3-5-8-19/h3-5,7-8,11-18,20H,2,6,9-10H2,1H3,(H,32,33). The van der Waals surface area contributed by atoms with Gasteiger partial charge in [0.2, 0.25) is 5.95 Å². The van der Waals surface area contributed by atoms with Gasteiger partial charge in [-0.1, -0.05) is 48.9 Å². The van der Waals surface area contributed by atoms with Crippen molar-refractivity contribution in [2.24, 2.45) is 5.92 Å². The van der Waals surface area contributed by atoms with Crippen LogP contribution in [-0.2, 0) is 9.53 Å². The summed E-state index contributed by atoms with van der Waals surface area (Å²) in [6, 6.07) is 20.0. The van der Waals surface area contributed by atoms with Gasteiger partial charge in [-0.15, -0.1) is 5.10 Å². The highest BCUT2D eigenvalue weighted by Gasteiger charge is 2.27. The van der Waals surface area contributed by atoms with E-state index >= 15 is 0 Å². The minimum Gasteiger partial charge on any atom is -0.463 e. The summed E-state index contributed by atoms with van der Waals surface area (Å²) in [7, 11) is 0. The lowest BCUT2D eigenvalue weighted by Crippen LogP contribution is -2.15. The van der Waals surface area contributed by atoms with Gasteiger partial charge in [0, 0.05) is 17.8 Å². The molecule has 0 atom stereocenters. The number of benzene rings is 2. The average molecular weight is 468 g/mol. The van der Waals surface area contributed by atoms with Crippen LogP contribution in [0.2, 0.25) is 0 Å². The Labute approximate surface area is 203 Å². The Bertz CT molecular complexity index is 1400. The summed E-state index contributed by atoms with van der Waals surface area (Å²) < 4.78 is 19.3. The number of aromatic nitrogens is 3. The molecular weight excluding hydrogens is 441 g/mol. The molecule has 6 heteroatoms. The van der Waals surface area contributed by atoms with Crippen LogP contribution in [0.5, 0.6) is 0 Å². The zero-order chi connectivity index (χ0) is 24.2. The lowest BCUT2D eigenvalue weighted by molar-refractivity contribution is -0.137. The molecule has 4 aromatic rings. The summed E-state index contributed by atoms with van der Waals surface area (Å²) in [5, 5.41) is 6.93. The number of fused-ring (bicyclic) bond motifs is 1. The molecule has 0 amide bonds. The van der Waals surface area contributed by atoms with Gasteiger partial charge >= 0.3 is 5.97 Å². The number of nitrogens with zero attached hydrogens (tertiary/aromatic N) is 2. The highest BCUT2D eigenvalue weighted by Crippen LogP contribution is 2.45. The Morgan fingerprint density at radius 2 is 1.89 bits per heavy atom. The van der Waals surface area contributed by atoms with E-state index in [0.717, 1.165) is 35.1 Å². The molecule has 0 unspecified atom stereocenters. The number of H-pyrrole nitrogens is 1. The van der Waals surface area contributed by atoms with Gasteiger partial charge in [0.25, 0.3) is 0 Å². The predicted octanol–water partition coefficient (Wildman–Crippen LogP) is 6.43. The summed E-state index contributed by atoms with van der Waals surface area (Å²) >= 11 is 0. The van der Waals surface area contributed by atoms with Gasteiger partial charge in [0.1, 0.15) is 0 Å². The van der Waals surface area contributed by atoms with E-state index in [1.165, 1.54) is 18.1 Å². The molecule has 35 heavy (non-hydrogen) atoms. The molecule has 5 rings (SSSR count). The smallest absolute Gasteiger partial charge is 0.330 e. The molecule has 0 saturated heterocycles. The molecule has 1 N–H and O–H groups in total. The number of esters is 1. The molecule has 2 heterocycles. The quantitative estimate of drug-likeness (QED) is 0.193. The number of hydrogen-bond acceptors (Lipinski definition) is 4. The topological polar surface area (TPSA) is 67.9 Å². The zero-order valence-corrected chi connectivity index (χ0v) is 19.5. The first kappa shape index (κ1) is 22.7. The van der Waals surface area contributed by atoms with Crippen LogP contribution in [0.15, 0.2) is 72.9 Å². The van der Waals surface area contributed by atoms with Crippen LogP contribution in [0.3, 0.4) is 0 Å². The van der Waals surface area contributed by atoms with E-state index in [4.69, 9.17) is 4.74 Å². The number of carbonyl (C=O) groups is 1. The highest BCUT2D eigenvalue weighted by atomic mass is 19.1. The Hall–Kier alpha value is -4.06. The maximum Gasteiger partial charge on any atom is 0.330 e. The number of allylic oxidation sites excluding steroid dienone is 1. The summed E-state index contributed by atoms with van der Waals surface area (Å²) in [6.07, 6.45) is 8.26. The van der Waals surface area contributed by atoms with E-state index in [0.29, 0.717) is 29.1 Å². The van der Waals surface area contributed by atoms with Crippen LogP contribution in [0.25, 0.3) is 28.1 Å². The summed E-state index contributed by atoms with van der Waals surface area (Å²) in [6.45, 7) is 2.10. The lowest BCUT2D eigenvalue weighted by Gasteiger charge is -2.31. The zero-order valence-electron chi connectivity index (χ0n) is 19.5. The van der Waals surface area contributed by atoms with Crippen LogP contribution in [0, 0.1) is 11.9 Å². The average Bonchev–Trinajstić information content (AvgIpc) is 3.23. The number of hydrogen-bond donors (Lipinski definition) is 1. The third kappa shape index (κ3) is 4.78. The van der Waals surface area contributed by atoms with Crippen LogP contribution >= 0.6 is 0 Å². The summed E-state index contributed by atoms with van der Waals surface area (Å²) in [4.78, 5) is 16.3. The van der Waals surface area contributed by atoms with E-state index in [9.17, 15) is 9.18 Å². The second kappa shape index (κ2) is 10.1. The number of pyridine rings is 1. The van der Waals surface area contributed by atoms with E-state index in [1.54, 1.807) is 13.0 Å². The van der Waals surface area contributed by atoms with Crippen LogP contribution in [-0.4, -0.2) is 27.8 Å². The number of rotatable bonds is 7. The molecule has 1 saturated carbocycles. The molecule has 0 aliphatic heterocycles. The molecule has 176 valence electrons. The van der Waals surface area contributed by atoms with Crippen molar-refractivity contribution >= 4 is 34.1 Å². The maximum atomic E-state index is 14.4. The second-order valence-corrected chi connectivity index (χ2v) is 8.61. The van der Waals surface area contributed by atoms with E-state index < -0.39 is 11.9 Å². The van der Waals surface area contributed by atoms with Crippen molar-refractivity contribution in [3.63, 3.8) is 0 Å². The third-order valence-corrected chi connectivity index (χ3v) is 6.42. The summed E-state index contributed by atoms with van der Waals surface area (Å²) in [5.74, 6) is -0.491. The van der Waals surface area contributed by atoms with Crippen molar-refractivity contribution in [2.45, 2.75) is 26.2 Å². The van der Waals surface area contributed by atoms with Crippen molar-refractivity contribution in [1.82, 2.24) is 15.2 Å². The molecule has 1 aliphatic rings. The Kier molecular flexibility index (Phi) is 6.53. The fourth-order valence-electron chi connectivity index (χ4n) is 4.51. The van der Waals surface area contributed by atoms with E-state index in [2.05, 4.69) is 27.3 Å². The SMILES string of the molecule is CCOC(=O)C=Cc1ccc(C(=C(c2ccccc2)C2CCC2)c2ccc3[nH]nc(F)c3c2)cn1. The van der Waals surface area contributed by atoms with Gasteiger partial charge in [0.05, 0.1) is 23.2 Å². The normalized spacial score (nSPS) is 14.7. The first-order valence-corrected chi connectivity index (χ1v) is 11.9. The second-order valence-electron chi connectivity index (χ2n) is 8.61. The molecule has 0 spiro atoms. The Morgan fingerprint density at radius 1 is 1.09 bits per heavy atom. The molecule has 2 aromatic carbocycles. The maximum absolute atomic E-state index is 14.4. The van der Waals surface area contributed by atoms with Gasteiger partial charge < -0.3 is 4.74 Å². The molecule has 1 fully saturated rings. The number of ether oxygens (including phenoxy) is 1. The molecule has 1 aliphatic carbocycles. The van der Waals surface area contributed by atoms with Crippen molar-refractivity contribution in [1.29, 1.82) is 0 Å². The van der Waals surface area contributed by atoms with Gasteiger partial charge in [-0.05, 0) is 72.2 Å². The first-order valence-electron chi connectivity index (χ1n) is 11.9. The molecular formula is C29H26FN3O2. The van der Waals surface area contributed by atoms with Crippen molar-refractivity contribution in [3.05, 3.63) is 101 Å². The van der Waals surface area contributed by atoms with Gasteiger partial charge in [-0.3, -0.25) is 10.1 Å². The number of carbonyl (C=O) groups excluding carboxylic acids is 1. The molecule has 2 aromatic heterocycles. The third-order valence-electron chi connectivity index (χ3n) is 6.42. The van der Waals surface area contributed by atoms with Gasteiger partial charge in [-0.25, -0.2) is 4.79 Å². The van der Waals surface area contributed by atoms with E-state index in [-0.39, 0.29) is 0 Å². The minimum absolute atomic E-state index is 0.328. The van der Waals surface area contributed by atoms with Crippen molar-refractivity contribution in [2.75, 3.05) is 6.61 Å². The monoisotopic (exact) mass is 467 g/mol. The van der Waals surface area contributed by atoms with Gasteiger partial charge in [0.15, 0.2) is 0 Å². The summed E-state index contributed by atoms with van der Waals surface area (Å²) in [5.41, 5.74) is 6.61. The van der Waals surface area contributed by atoms with Crippen molar-refractivity contribution < 1.29 is 13.9 Å². The minimum atomic E-state index is -0.510. The van der Waals surface area contributed by atoms with Crippen LogP contribution < -0.4 is 0 Å². The number of aromatic amines is 1. The van der Waals surface area contributed by atoms with Crippen LogP contribution in [0.1, 0.15) is 48.6 Å². The van der Waals surface area contributed by atoms with E-state index in [1.807, 2.05) is 54.7 Å². The first-order chi connectivity index (χ1) is 17.1.